The fourth-order valence-electron chi connectivity index (χ4n) is 3.56. The Bertz CT molecular complexity index is 433. The maximum absolute atomic E-state index is 12.7. The van der Waals surface area contributed by atoms with Gasteiger partial charge in [0.1, 0.15) is 5.54 Å². The second-order valence-corrected chi connectivity index (χ2v) is 7.94. The maximum atomic E-state index is 12.7. The summed E-state index contributed by atoms with van der Waals surface area (Å²) in [5.74, 6) is -0.0696. The summed E-state index contributed by atoms with van der Waals surface area (Å²) >= 11 is 0. The summed E-state index contributed by atoms with van der Waals surface area (Å²) in [6, 6.07) is 0. The summed E-state index contributed by atoms with van der Waals surface area (Å²) in [7, 11) is 0. The van der Waals surface area contributed by atoms with Gasteiger partial charge in [-0.15, -0.1) is 0 Å². The molecule has 1 aliphatic carbocycles. The first-order chi connectivity index (χ1) is 10.6. The van der Waals surface area contributed by atoms with Crippen molar-refractivity contribution in [3.8, 4) is 0 Å². The van der Waals surface area contributed by atoms with E-state index in [1.807, 2.05) is 20.8 Å². The molecule has 2 aliphatic rings. The van der Waals surface area contributed by atoms with Gasteiger partial charge in [0, 0.05) is 43.6 Å². The van der Waals surface area contributed by atoms with Gasteiger partial charge in [-0.05, 0) is 20.8 Å². The Morgan fingerprint density at radius 1 is 1.39 bits per heavy atom. The van der Waals surface area contributed by atoms with E-state index in [0.717, 1.165) is 26.3 Å². The smallest absolute Gasteiger partial charge is 0.240 e. The Morgan fingerprint density at radius 3 is 2.52 bits per heavy atom. The highest BCUT2D eigenvalue weighted by Crippen LogP contribution is 2.49. The fourth-order valence-corrected chi connectivity index (χ4v) is 3.56. The Balaban J connectivity index is 1.91. The molecule has 0 bridgehead atoms. The number of morpholine rings is 1. The number of rotatable bonds is 6. The van der Waals surface area contributed by atoms with Gasteiger partial charge in [0.15, 0.2) is 0 Å². The highest BCUT2D eigenvalue weighted by molar-refractivity contribution is 5.88. The molecule has 1 aliphatic heterocycles. The molecule has 1 saturated carbocycles. The van der Waals surface area contributed by atoms with Gasteiger partial charge < -0.3 is 20.5 Å². The minimum atomic E-state index is -0.853. The molecular formula is C17H33N3O3. The van der Waals surface area contributed by atoms with E-state index in [9.17, 15) is 4.79 Å². The topological polar surface area (TPSA) is 76.8 Å². The normalized spacial score (nSPS) is 31.5. The zero-order chi connectivity index (χ0) is 17.3. The molecule has 23 heavy (non-hydrogen) atoms. The number of nitrogens with two attached hydrogens (primary N) is 1. The van der Waals surface area contributed by atoms with Crippen molar-refractivity contribution in [3.05, 3.63) is 0 Å². The lowest BCUT2D eigenvalue weighted by atomic mass is 9.54. The van der Waals surface area contributed by atoms with E-state index in [1.165, 1.54) is 0 Å². The van der Waals surface area contributed by atoms with Crippen LogP contribution in [0.3, 0.4) is 0 Å². The average molecular weight is 327 g/mol. The zero-order valence-electron chi connectivity index (χ0n) is 15.3. The summed E-state index contributed by atoms with van der Waals surface area (Å²) in [5.41, 5.74) is 5.11. The maximum Gasteiger partial charge on any atom is 0.240 e. The molecule has 0 spiro atoms. The number of hydrogen-bond donors (Lipinski definition) is 2. The van der Waals surface area contributed by atoms with Crippen LogP contribution in [-0.2, 0) is 14.3 Å². The number of carbonyl (C=O) groups is 1. The monoisotopic (exact) mass is 327 g/mol. The second-order valence-electron chi connectivity index (χ2n) is 7.94. The standard InChI is InChI=1S/C17H33N3O3/c1-6-23-13-11-17(18,16(13,4)5)14(21)19-12-15(2,3)20-7-9-22-10-8-20/h13H,6-12,18H2,1-5H3,(H,19,21). The van der Waals surface area contributed by atoms with Crippen molar-refractivity contribution in [2.75, 3.05) is 39.5 Å². The Kier molecular flexibility index (Phi) is 5.41. The lowest BCUT2D eigenvalue weighted by Gasteiger charge is -2.57. The lowest BCUT2D eigenvalue weighted by molar-refractivity contribution is -0.171. The van der Waals surface area contributed by atoms with Crippen LogP contribution in [0.1, 0.15) is 41.0 Å². The van der Waals surface area contributed by atoms with Crippen LogP contribution in [0.5, 0.6) is 0 Å². The second kappa shape index (κ2) is 6.67. The van der Waals surface area contributed by atoms with Gasteiger partial charge in [-0.3, -0.25) is 9.69 Å². The van der Waals surface area contributed by atoms with Crippen molar-refractivity contribution >= 4 is 5.91 Å². The highest BCUT2D eigenvalue weighted by atomic mass is 16.5. The van der Waals surface area contributed by atoms with Gasteiger partial charge >= 0.3 is 0 Å². The predicted molar refractivity (Wildman–Crippen MR) is 90.2 cm³/mol. The Morgan fingerprint density at radius 2 is 2.00 bits per heavy atom. The van der Waals surface area contributed by atoms with Crippen molar-refractivity contribution in [2.45, 2.75) is 58.2 Å². The molecule has 0 aromatic carbocycles. The SMILES string of the molecule is CCOC1CC(N)(C(=O)NCC(C)(C)N2CCOCC2)C1(C)C. The van der Waals surface area contributed by atoms with Crippen molar-refractivity contribution in [3.63, 3.8) is 0 Å². The van der Waals surface area contributed by atoms with Gasteiger partial charge in [0.2, 0.25) is 5.91 Å². The first-order valence-electron chi connectivity index (χ1n) is 8.67. The molecule has 2 fully saturated rings. The molecule has 6 heteroatoms. The summed E-state index contributed by atoms with van der Waals surface area (Å²) in [6.45, 7) is 14.8. The molecular weight excluding hydrogens is 294 g/mol. The Labute approximate surface area is 140 Å². The summed E-state index contributed by atoms with van der Waals surface area (Å²) in [5, 5.41) is 3.08. The third-order valence-electron chi connectivity index (χ3n) is 5.78. The average Bonchev–Trinajstić information content (AvgIpc) is 2.53. The molecule has 6 nitrogen and oxygen atoms in total. The number of carbonyl (C=O) groups excluding carboxylic acids is 1. The van der Waals surface area contributed by atoms with E-state index >= 15 is 0 Å². The first kappa shape index (κ1) is 18.6. The van der Waals surface area contributed by atoms with Gasteiger partial charge in [-0.1, -0.05) is 13.8 Å². The van der Waals surface area contributed by atoms with Crippen LogP contribution in [0, 0.1) is 5.41 Å². The summed E-state index contributed by atoms with van der Waals surface area (Å²) < 4.78 is 11.1. The molecule has 1 amide bonds. The van der Waals surface area contributed by atoms with E-state index in [4.69, 9.17) is 15.2 Å². The highest BCUT2D eigenvalue weighted by Gasteiger charge is 2.62. The molecule has 2 rings (SSSR count). The summed E-state index contributed by atoms with van der Waals surface area (Å²) in [4.78, 5) is 15.1. The minimum absolute atomic E-state index is 0.0514. The number of ether oxygens (including phenoxy) is 2. The predicted octanol–water partition coefficient (Wildman–Crippen LogP) is 0.746. The van der Waals surface area contributed by atoms with Crippen LogP contribution in [0.4, 0.5) is 0 Å². The van der Waals surface area contributed by atoms with Crippen LogP contribution in [0.25, 0.3) is 0 Å². The lowest BCUT2D eigenvalue weighted by Crippen LogP contribution is -2.76. The van der Waals surface area contributed by atoms with Crippen LogP contribution in [0.2, 0.25) is 0 Å². The number of hydrogen-bond acceptors (Lipinski definition) is 5. The van der Waals surface area contributed by atoms with Crippen molar-refractivity contribution < 1.29 is 14.3 Å². The molecule has 0 aromatic rings. The van der Waals surface area contributed by atoms with Crippen LogP contribution < -0.4 is 11.1 Å². The fraction of sp³-hybridized carbons (Fsp3) is 0.941. The molecule has 1 saturated heterocycles. The number of amides is 1. The van der Waals surface area contributed by atoms with Crippen LogP contribution in [0.15, 0.2) is 0 Å². The third kappa shape index (κ3) is 3.40. The largest absolute Gasteiger partial charge is 0.379 e. The number of nitrogens with one attached hydrogen (secondary N) is 1. The molecule has 0 radical (unpaired) electrons. The van der Waals surface area contributed by atoms with Gasteiger partial charge in [0.25, 0.3) is 0 Å². The van der Waals surface area contributed by atoms with E-state index in [-0.39, 0.29) is 23.0 Å². The van der Waals surface area contributed by atoms with Gasteiger partial charge in [-0.25, -0.2) is 0 Å². The minimum Gasteiger partial charge on any atom is -0.379 e. The molecule has 0 aromatic heterocycles. The molecule has 2 atom stereocenters. The van der Waals surface area contributed by atoms with Gasteiger partial charge in [-0.2, -0.15) is 0 Å². The molecule has 134 valence electrons. The Hall–Kier alpha value is -0.690. The first-order valence-corrected chi connectivity index (χ1v) is 8.67. The van der Waals surface area contributed by atoms with E-state index in [1.54, 1.807) is 0 Å². The quantitative estimate of drug-likeness (QED) is 0.753. The van der Waals surface area contributed by atoms with Crippen molar-refractivity contribution in [1.82, 2.24) is 10.2 Å². The van der Waals surface area contributed by atoms with Crippen molar-refractivity contribution in [1.29, 1.82) is 0 Å². The van der Waals surface area contributed by atoms with Crippen LogP contribution >= 0.6 is 0 Å². The van der Waals surface area contributed by atoms with Crippen LogP contribution in [-0.4, -0.2) is 67.4 Å². The summed E-state index contributed by atoms with van der Waals surface area (Å²) in [6.07, 6.45) is 0.632. The van der Waals surface area contributed by atoms with E-state index < -0.39 is 5.54 Å². The number of nitrogens with zero attached hydrogens (tertiary/aromatic N) is 1. The van der Waals surface area contributed by atoms with E-state index in [2.05, 4.69) is 24.1 Å². The van der Waals surface area contributed by atoms with Gasteiger partial charge in [0.05, 0.1) is 19.3 Å². The third-order valence-corrected chi connectivity index (χ3v) is 5.78. The molecule has 3 N–H and O–H groups in total. The molecule has 2 unspecified atom stereocenters. The van der Waals surface area contributed by atoms with E-state index in [0.29, 0.717) is 19.6 Å². The molecule has 1 heterocycles. The zero-order valence-corrected chi connectivity index (χ0v) is 15.3. The van der Waals surface area contributed by atoms with Crippen molar-refractivity contribution in [2.24, 2.45) is 11.1 Å².